The van der Waals surface area contributed by atoms with E-state index in [9.17, 15) is 13.2 Å². The summed E-state index contributed by atoms with van der Waals surface area (Å²) in [5.74, 6) is -2.48. The van der Waals surface area contributed by atoms with Crippen molar-refractivity contribution < 1.29 is 13.2 Å². The lowest BCUT2D eigenvalue weighted by Gasteiger charge is -2.08. The second kappa shape index (κ2) is 4.64. The number of nitrogens with one attached hydrogen (secondary N) is 1. The Hall–Kier alpha value is -2.11. The SMILES string of the molecule is CNc1ncc(F)c(-c2c(F)ccc(C)c2F)n1. The lowest BCUT2D eigenvalue weighted by Crippen LogP contribution is -2.03. The molecule has 18 heavy (non-hydrogen) atoms. The van der Waals surface area contributed by atoms with E-state index in [2.05, 4.69) is 15.3 Å². The van der Waals surface area contributed by atoms with Gasteiger partial charge < -0.3 is 5.32 Å². The highest BCUT2D eigenvalue weighted by Gasteiger charge is 2.19. The van der Waals surface area contributed by atoms with Crippen molar-refractivity contribution in [3.8, 4) is 11.3 Å². The van der Waals surface area contributed by atoms with Crippen molar-refractivity contribution >= 4 is 5.95 Å². The Kier molecular flexibility index (Phi) is 3.18. The third-order valence-corrected chi connectivity index (χ3v) is 2.49. The van der Waals surface area contributed by atoms with E-state index in [-0.39, 0.29) is 11.5 Å². The number of nitrogens with zero attached hydrogens (tertiary/aromatic N) is 2. The minimum absolute atomic E-state index is 0.0895. The average Bonchev–Trinajstić information content (AvgIpc) is 2.36. The highest BCUT2D eigenvalue weighted by atomic mass is 19.1. The van der Waals surface area contributed by atoms with E-state index in [1.807, 2.05) is 0 Å². The van der Waals surface area contributed by atoms with Gasteiger partial charge in [0.1, 0.15) is 17.3 Å². The summed E-state index contributed by atoms with van der Waals surface area (Å²) in [5.41, 5.74) is -0.658. The van der Waals surface area contributed by atoms with Gasteiger partial charge in [0, 0.05) is 7.05 Å². The second-order valence-electron chi connectivity index (χ2n) is 3.69. The van der Waals surface area contributed by atoms with Crippen molar-refractivity contribution in [1.29, 1.82) is 0 Å². The van der Waals surface area contributed by atoms with Gasteiger partial charge in [0.2, 0.25) is 5.95 Å². The zero-order valence-corrected chi connectivity index (χ0v) is 9.76. The summed E-state index contributed by atoms with van der Waals surface area (Å²) in [6.45, 7) is 1.47. The highest BCUT2D eigenvalue weighted by molar-refractivity contribution is 5.63. The normalized spacial score (nSPS) is 10.5. The van der Waals surface area contributed by atoms with E-state index in [1.165, 1.54) is 20.0 Å². The fourth-order valence-electron chi connectivity index (χ4n) is 1.54. The number of anilines is 1. The maximum atomic E-state index is 13.9. The van der Waals surface area contributed by atoms with Gasteiger partial charge >= 0.3 is 0 Å². The molecule has 1 aromatic heterocycles. The van der Waals surface area contributed by atoms with Gasteiger partial charge in [-0.3, -0.25) is 0 Å². The molecule has 3 nitrogen and oxygen atoms in total. The minimum Gasteiger partial charge on any atom is -0.357 e. The molecule has 0 aliphatic rings. The van der Waals surface area contributed by atoms with Crippen LogP contribution in [0.25, 0.3) is 11.3 Å². The third-order valence-electron chi connectivity index (χ3n) is 2.49. The molecule has 0 aliphatic heterocycles. The van der Waals surface area contributed by atoms with Crippen molar-refractivity contribution in [3.63, 3.8) is 0 Å². The Bertz CT molecular complexity index is 599. The van der Waals surface area contributed by atoms with Crippen LogP contribution in [0, 0.1) is 24.4 Å². The fraction of sp³-hybridized carbons (Fsp3) is 0.167. The van der Waals surface area contributed by atoms with Crippen LogP contribution in [-0.4, -0.2) is 17.0 Å². The van der Waals surface area contributed by atoms with Crippen LogP contribution >= 0.6 is 0 Å². The molecule has 2 aromatic rings. The first kappa shape index (κ1) is 12.3. The summed E-state index contributed by atoms with van der Waals surface area (Å²) in [4.78, 5) is 7.37. The van der Waals surface area contributed by atoms with Crippen molar-refractivity contribution in [2.45, 2.75) is 6.92 Å². The smallest absolute Gasteiger partial charge is 0.223 e. The first-order valence-corrected chi connectivity index (χ1v) is 5.20. The van der Waals surface area contributed by atoms with Crippen LogP contribution in [-0.2, 0) is 0 Å². The number of rotatable bonds is 2. The summed E-state index contributed by atoms with van der Waals surface area (Å²) in [5, 5.41) is 2.58. The first-order valence-electron chi connectivity index (χ1n) is 5.20. The van der Waals surface area contributed by atoms with Crippen LogP contribution < -0.4 is 5.32 Å². The van der Waals surface area contributed by atoms with Gasteiger partial charge in [-0.05, 0) is 18.6 Å². The number of hydrogen-bond donors (Lipinski definition) is 1. The fourth-order valence-corrected chi connectivity index (χ4v) is 1.54. The van der Waals surface area contributed by atoms with E-state index >= 15 is 0 Å². The molecule has 0 radical (unpaired) electrons. The molecule has 6 heteroatoms. The van der Waals surface area contributed by atoms with E-state index < -0.39 is 28.7 Å². The van der Waals surface area contributed by atoms with Crippen LogP contribution in [0.2, 0.25) is 0 Å². The Morgan fingerprint density at radius 1 is 1.11 bits per heavy atom. The number of aryl methyl sites for hydroxylation is 1. The van der Waals surface area contributed by atoms with Gasteiger partial charge in [0.05, 0.1) is 11.8 Å². The second-order valence-corrected chi connectivity index (χ2v) is 3.69. The minimum atomic E-state index is -0.877. The summed E-state index contributed by atoms with van der Waals surface area (Å²) >= 11 is 0. The van der Waals surface area contributed by atoms with Crippen molar-refractivity contribution in [3.05, 3.63) is 41.3 Å². The van der Waals surface area contributed by atoms with Crippen molar-refractivity contribution in [1.82, 2.24) is 9.97 Å². The molecule has 0 saturated heterocycles. The molecule has 94 valence electrons. The number of benzene rings is 1. The lowest BCUT2D eigenvalue weighted by molar-refractivity contribution is 0.573. The quantitative estimate of drug-likeness (QED) is 0.894. The van der Waals surface area contributed by atoms with E-state index in [0.29, 0.717) is 0 Å². The molecule has 1 N–H and O–H groups in total. The number of halogens is 3. The maximum absolute atomic E-state index is 13.9. The topological polar surface area (TPSA) is 37.8 Å². The monoisotopic (exact) mass is 253 g/mol. The molecule has 0 spiro atoms. The molecular weight excluding hydrogens is 243 g/mol. The molecule has 0 bridgehead atoms. The van der Waals surface area contributed by atoms with Gasteiger partial charge in [-0.1, -0.05) is 6.07 Å². The van der Waals surface area contributed by atoms with Gasteiger partial charge in [-0.15, -0.1) is 0 Å². The Balaban J connectivity index is 2.72. The van der Waals surface area contributed by atoms with Gasteiger partial charge in [0.15, 0.2) is 5.82 Å². The first-order chi connectivity index (χ1) is 8.54. The van der Waals surface area contributed by atoms with Crippen LogP contribution in [0.4, 0.5) is 19.1 Å². The van der Waals surface area contributed by atoms with Gasteiger partial charge in [-0.2, -0.15) is 0 Å². The molecule has 2 rings (SSSR count). The molecule has 1 aromatic carbocycles. The lowest BCUT2D eigenvalue weighted by atomic mass is 10.1. The molecule has 0 saturated carbocycles. The number of aromatic nitrogens is 2. The zero-order chi connectivity index (χ0) is 13.3. The van der Waals surface area contributed by atoms with Gasteiger partial charge in [-0.25, -0.2) is 23.1 Å². The van der Waals surface area contributed by atoms with Crippen LogP contribution in [0.1, 0.15) is 5.56 Å². The average molecular weight is 253 g/mol. The standard InChI is InChI=1S/C12H10F3N3/c1-6-3-4-7(13)9(10(6)15)11-8(14)5-17-12(16-2)18-11/h3-5H,1-2H3,(H,16,17,18). The molecule has 0 fully saturated rings. The maximum Gasteiger partial charge on any atom is 0.223 e. The predicted molar refractivity (Wildman–Crippen MR) is 61.6 cm³/mol. The zero-order valence-electron chi connectivity index (χ0n) is 9.76. The molecule has 0 atom stereocenters. The number of hydrogen-bond acceptors (Lipinski definition) is 3. The van der Waals surface area contributed by atoms with E-state index in [0.717, 1.165) is 12.3 Å². The van der Waals surface area contributed by atoms with Gasteiger partial charge in [0.25, 0.3) is 0 Å². The Morgan fingerprint density at radius 2 is 1.83 bits per heavy atom. The van der Waals surface area contributed by atoms with Crippen LogP contribution in [0.15, 0.2) is 18.3 Å². The molecule has 1 heterocycles. The Morgan fingerprint density at radius 3 is 2.50 bits per heavy atom. The highest BCUT2D eigenvalue weighted by Crippen LogP contribution is 2.28. The van der Waals surface area contributed by atoms with E-state index in [4.69, 9.17) is 0 Å². The van der Waals surface area contributed by atoms with Crippen molar-refractivity contribution in [2.75, 3.05) is 12.4 Å². The summed E-state index contributed by atoms with van der Waals surface area (Å²) in [7, 11) is 1.53. The van der Waals surface area contributed by atoms with Crippen molar-refractivity contribution in [2.24, 2.45) is 0 Å². The predicted octanol–water partition coefficient (Wildman–Crippen LogP) is 2.91. The summed E-state index contributed by atoms with van der Waals surface area (Å²) in [6, 6.07) is 2.36. The largest absolute Gasteiger partial charge is 0.357 e. The van der Waals surface area contributed by atoms with Crippen LogP contribution in [0.3, 0.4) is 0 Å². The van der Waals surface area contributed by atoms with E-state index in [1.54, 1.807) is 0 Å². The molecule has 0 amide bonds. The molecule has 0 aliphatic carbocycles. The summed E-state index contributed by atoms with van der Waals surface area (Å²) < 4.78 is 41.1. The van der Waals surface area contributed by atoms with Crippen LogP contribution in [0.5, 0.6) is 0 Å². The summed E-state index contributed by atoms with van der Waals surface area (Å²) in [6.07, 6.45) is 0.870. The molecule has 0 unspecified atom stereocenters. The molecular formula is C12H10F3N3. The third kappa shape index (κ3) is 2.01. The Labute approximate surface area is 102 Å².